The lowest BCUT2D eigenvalue weighted by molar-refractivity contribution is -0.125. The molecule has 3 heterocycles. The van der Waals surface area contributed by atoms with Gasteiger partial charge in [0.1, 0.15) is 11.3 Å². The lowest BCUT2D eigenvalue weighted by Crippen LogP contribution is -2.43. The van der Waals surface area contributed by atoms with Crippen LogP contribution in [0.3, 0.4) is 0 Å². The van der Waals surface area contributed by atoms with Gasteiger partial charge in [0.05, 0.1) is 35.5 Å². The van der Waals surface area contributed by atoms with Crippen LogP contribution in [0.25, 0.3) is 16.6 Å². The van der Waals surface area contributed by atoms with Crippen LogP contribution < -0.4 is 15.0 Å². The van der Waals surface area contributed by atoms with Crippen LogP contribution >= 0.6 is 0 Å². The molecule has 0 bridgehead atoms. The van der Waals surface area contributed by atoms with E-state index >= 15 is 0 Å². The van der Waals surface area contributed by atoms with Gasteiger partial charge >= 0.3 is 0 Å². The number of aromatic nitrogens is 4. The zero-order valence-corrected chi connectivity index (χ0v) is 21.3. The van der Waals surface area contributed by atoms with Gasteiger partial charge in [-0.2, -0.15) is 10.2 Å². The average molecular weight is 485 g/mol. The number of nitrogens with zero attached hydrogens (tertiary/aromatic N) is 5. The third-order valence-corrected chi connectivity index (χ3v) is 7.11. The van der Waals surface area contributed by atoms with Gasteiger partial charge in [0.2, 0.25) is 5.91 Å². The highest BCUT2D eigenvalue weighted by molar-refractivity contribution is 5.92. The summed E-state index contributed by atoms with van der Waals surface area (Å²) in [5.74, 6) is 1.51. The van der Waals surface area contributed by atoms with Crippen LogP contribution in [0, 0.1) is 26.7 Å². The number of hydrogen-bond acceptors (Lipinski definition) is 6. The molecule has 0 radical (unpaired) electrons. The summed E-state index contributed by atoms with van der Waals surface area (Å²) in [4.78, 5) is 15.2. The molecule has 1 aliphatic heterocycles. The van der Waals surface area contributed by atoms with Gasteiger partial charge in [-0.3, -0.25) is 4.79 Å². The molecule has 0 unspecified atom stereocenters. The molecule has 8 nitrogen and oxygen atoms in total. The van der Waals surface area contributed by atoms with E-state index in [1.165, 1.54) is 5.56 Å². The maximum absolute atomic E-state index is 13.1. The van der Waals surface area contributed by atoms with Gasteiger partial charge < -0.3 is 15.0 Å². The van der Waals surface area contributed by atoms with E-state index in [1.807, 2.05) is 48.0 Å². The van der Waals surface area contributed by atoms with Crippen LogP contribution in [0.5, 0.6) is 5.75 Å². The van der Waals surface area contributed by atoms with Crippen LogP contribution in [-0.2, 0) is 11.3 Å². The first-order valence-electron chi connectivity index (χ1n) is 12.4. The quantitative estimate of drug-likeness (QED) is 0.440. The molecule has 1 atom stereocenters. The number of piperidine rings is 1. The number of amides is 1. The Bertz CT molecular complexity index is 1400. The molecule has 5 rings (SSSR count). The Morgan fingerprint density at radius 3 is 2.61 bits per heavy atom. The smallest absolute Gasteiger partial charge is 0.225 e. The first-order valence-corrected chi connectivity index (χ1v) is 12.4. The predicted molar refractivity (Wildman–Crippen MR) is 141 cm³/mol. The van der Waals surface area contributed by atoms with E-state index in [9.17, 15) is 4.79 Å². The predicted octanol–water partition coefficient (Wildman–Crippen LogP) is 4.28. The summed E-state index contributed by atoms with van der Waals surface area (Å²) >= 11 is 0. The van der Waals surface area contributed by atoms with E-state index in [0.29, 0.717) is 13.1 Å². The maximum atomic E-state index is 13.1. The van der Waals surface area contributed by atoms with Gasteiger partial charge in [0, 0.05) is 19.6 Å². The van der Waals surface area contributed by atoms with Crippen molar-refractivity contribution in [3.05, 3.63) is 71.0 Å². The van der Waals surface area contributed by atoms with Crippen molar-refractivity contribution < 1.29 is 9.53 Å². The molecule has 0 saturated carbocycles. The average Bonchev–Trinajstić information content (AvgIpc) is 3.26. The van der Waals surface area contributed by atoms with Gasteiger partial charge in [-0.05, 0) is 69.0 Å². The molecular formula is C28H32N6O2. The first-order chi connectivity index (χ1) is 17.5. The molecule has 0 spiro atoms. The number of benzene rings is 2. The second-order valence-corrected chi connectivity index (χ2v) is 9.46. The number of ether oxygens (including phenoxy) is 1. The van der Waals surface area contributed by atoms with E-state index in [4.69, 9.17) is 9.84 Å². The second kappa shape index (κ2) is 9.97. The SMILES string of the molecule is COc1ccc(-n2nc3c(N4CCC[C@@H](C(=O)NCc5ccccc5C)C4)nnc(C)c3c2C)cc1. The van der Waals surface area contributed by atoms with Gasteiger partial charge in [-0.15, -0.1) is 5.10 Å². The Kier molecular flexibility index (Phi) is 6.59. The number of aryl methyl sites for hydroxylation is 3. The van der Waals surface area contributed by atoms with Crippen molar-refractivity contribution in [1.82, 2.24) is 25.3 Å². The Morgan fingerprint density at radius 1 is 1.08 bits per heavy atom. The minimum atomic E-state index is -0.106. The summed E-state index contributed by atoms with van der Waals surface area (Å²) in [6.07, 6.45) is 1.77. The van der Waals surface area contributed by atoms with Crippen molar-refractivity contribution in [2.75, 3.05) is 25.1 Å². The Hall–Kier alpha value is -3.94. The summed E-state index contributed by atoms with van der Waals surface area (Å²) in [5, 5.41) is 18.1. The fraction of sp³-hybridized carbons (Fsp3) is 0.357. The topological polar surface area (TPSA) is 85.2 Å². The zero-order valence-electron chi connectivity index (χ0n) is 21.3. The maximum Gasteiger partial charge on any atom is 0.225 e. The largest absolute Gasteiger partial charge is 0.497 e. The van der Waals surface area contributed by atoms with Crippen molar-refractivity contribution in [2.24, 2.45) is 5.92 Å². The van der Waals surface area contributed by atoms with E-state index in [-0.39, 0.29) is 11.8 Å². The Balaban J connectivity index is 1.40. The minimum absolute atomic E-state index is 0.0826. The van der Waals surface area contributed by atoms with E-state index in [2.05, 4.69) is 46.4 Å². The lowest BCUT2D eigenvalue weighted by atomic mass is 9.96. The molecule has 8 heteroatoms. The third-order valence-electron chi connectivity index (χ3n) is 7.11. The number of methoxy groups -OCH3 is 1. The monoisotopic (exact) mass is 484 g/mol. The molecule has 1 saturated heterocycles. The van der Waals surface area contributed by atoms with E-state index < -0.39 is 0 Å². The fourth-order valence-corrected chi connectivity index (χ4v) is 5.02. The molecule has 0 aliphatic carbocycles. The molecule has 4 aromatic rings. The molecule has 36 heavy (non-hydrogen) atoms. The number of nitrogens with one attached hydrogen (secondary N) is 1. The molecule has 1 amide bonds. The van der Waals surface area contributed by atoms with Crippen molar-refractivity contribution in [3.8, 4) is 11.4 Å². The Labute approximate surface area is 211 Å². The third kappa shape index (κ3) is 4.51. The second-order valence-electron chi connectivity index (χ2n) is 9.46. The molecule has 2 aromatic heterocycles. The van der Waals surface area contributed by atoms with Gasteiger partial charge in [-0.1, -0.05) is 24.3 Å². The molecule has 186 valence electrons. The normalized spacial score (nSPS) is 15.8. The molecule has 1 aliphatic rings. The summed E-state index contributed by atoms with van der Waals surface area (Å²) in [5.41, 5.74) is 5.94. The van der Waals surface area contributed by atoms with Gasteiger partial charge in [-0.25, -0.2) is 4.68 Å². The van der Waals surface area contributed by atoms with Crippen LogP contribution in [0.4, 0.5) is 5.82 Å². The standard InChI is InChI=1S/C28H32N6O2/c1-18-8-5-6-9-21(18)16-29-28(35)22-10-7-15-33(17-22)27-26-25(19(2)30-31-27)20(3)34(32-26)23-11-13-24(36-4)14-12-23/h5-6,8-9,11-14,22H,7,10,15-17H2,1-4H3,(H,29,35)/t22-/m1/s1. The van der Waals surface area contributed by atoms with Crippen LogP contribution in [-0.4, -0.2) is 46.1 Å². The number of carbonyl (C=O) groups excluding carboxylic acids is 1. The number of fused-ring (bicyclic) bond motifs is 1. The summed E-state index contributed by atoms with van der Waals surface area (Å²) in [7, 11) is 1.66. The van der Waals surface area contributed by atoms with E-state index in [0.717, 1.165) is 64.5 Å². The van der Waals surface area contributed by atoms with Crippen molar-refractivity contribution in [2.45, 2.75) is 40.2 Å². The number of hydrogen-bond donors (Lipinski definition) is 1. The Morgan fingerprint density at radius 2 is 1.86 bits per heavy atom. The zero-order chi connectivity index (χ0) is 25.2. The van der Waals surface area contributed by atoms with Crippen LogP contribution in [0.15, 0.2) is 48.5 Å². The van der Waals surface area contributed by atoms with Crippen LogP contribution in [0.1, 0.15) is 35.4 Å². The minimum Gasteiger partial charge on any atom is -0.497 e. The highest BCUT2D eigenvalue weighted by atomic mass is 16.5. The number of carbonyl (C=O) groups is 1. The lowest BCUT2D eigenvalue weighted by Gasteiger charge is -2.32. The number of rotatable bonds is 6. The molecule has 1 fully saturated rings. The van der Waals surface area contributed by atoms with Gasteiger partial charge in [0.15, 0.2) is 5.82 Å². The summed E-state index contributed by atoms with van der Waals surface area (Å²) < 4.78 is 7.23. The highest BCUT2D eigenvalue weighted by Gasteiger charge is 2.29. The van der Waals surface area contributed by atoms with Crippen LogP contribution in [0.2, 0.25) is 0 Å². The molecule has 1 N–H and O–H groups in total. The number of anilines is 1. The summed E-state index contributed by atoms with van der Waals surface area (Å²) in [6.45, 7) is 8.05. The molecule has 2 aromatic carbocycles. The highest BCUT2D eigenvalue weighted by Crippen LogP contribution is 2.32. The first kappa shape index (κ1) is 23.8. The van der Waals surface area contributed by atoms with Crippen molar-refractivity contribution in [1.29, 1.82) is 0 Å². The summed E-state index contributed by atoms with van der Waals surface area (Å²) in [6, 6.07) is 16.0. The molecular weight excluding hydrogens is 452 g/mol. The van der Waals surface area contributed by atoms with Gasteiger partial charge in [0.25, 0.3) is 0 Å². The van der Waals surface area contributed by atoms with E-state index in [1.54, 1.807) is 7.11 Å². The fourth-order valence-electron chi connectivity index (χ4n) is 5.02. The van der Waals surface area contributed by atoms with Crippen molar-refractivity contribution in [3.63, 3.8) is 0 Å². The van der Waals surface area contributed by atoms with Crippen molar-refractivity contribution >= 4 is 22.6 Å².